The van der Waals surface area contributed by atoms with Crippen molar-refractivity contribution in [2.45, 2.75) is 31.9 Å². The lowest BCUT2D eigenvalue weighted by Gasteiger charge is -2.29. The highest BCUT2D eigenvalue weighted by Gasteiger charge is 2.39. The van der Waals surface area contributed by atoms with Crippen molar-refractivity contribution in [2.75, 3.05) is 11.4 Å². The third-order valence-electron chi connectivity index (χ3n) is 3.70. The van der Waals surface area contributed by atoms with E-state index in [1.807, 2.05) is 0 Å². The molecule has 0 aliphatic carbocycles. The normalized spacial score (nSPS) is 27.3. The van der Waals surface area contributed by atoms with E-state index in [-0.39, 0.29) is 6.04 Å². The molecule has 1 aromatic carbocycles. The number of anilines is 1. The molecule has 0 aromatic heterocycles. The molecular formula is C13H14F2N2O. The molecule has 0 bridgehead atoms. The van der Waals surface area contributed by atoms with Crippen molar-refractivity contribution >= 4 is 5.69 Å². The molecule has 1 N–H and O–H groups in total. The SMILES string of the molecule is C[C@@H]1N(c2cc(F)c(C#N)c(F)c2)CC[C@]1(C)O. The maximum absolute atomic E-state index is 13.5. The van der Waals surface area contributed by atoms with Crippen LogP contribution in [0.4, 0.5) is 14.5 Å². The minimum Gasteiger partial charge on any atom is -0.388 e. The molecular weight excluding hydrogens is 238 g/mol. The first-order chi connectivity index (χ1) is 8.36. The van der Waals surface area contributed by atoms with Crippen LogP contribution in [-0.2, 0) is 0 Å². The lowest BCUT2D eigenvalue weighted by atomic mass is 9.99. The van der Waals surface area contributed by atoms with Crippen LogP contribution in [0.15, 0.2) is 12.1 Å². The second kappa shape index (κ2) is 4.21. The highest BCUT2D eigenvalue weighted by molar-refractivity contribution is 5.53. The van der Waals surface area contributed by atoms with Crippen LogP contribution in [0.5, 0.6) is 0 Å². The molecule has 0 spiro atoms. The summed E-state index contributed by atoms with van der Waals surface area (Å²) >= 11 is 0. The molecule has 1 saturated heterocycles. The number of rotatable bonds is 1. The van der Waals surface area contributed by atoms with Gasteiger partial charge in [0.15, 0.2) is 0 Å². The van der Waals surface area contributed by atoms with Gasteiger partial charge in [-0.05, 0) is 32.4 Å². The smallest absolute Gasteiger partial charge is 0.146 e. The molecule has 1 heterocycles. The van der Waals surface area contributed by atoms with Crippen LogP contribution in [0, 0.1) is 23.0 Å². The zero-order valence-electron chi connectivity index (χ0n) is 10.2. The van der Waals surface area contributed by atoms with Crippen molar-refractivity contribution in [3.8, 4) is 6.07 Å². The summed E-state index contributed by atoms with van der Waals surface area (Å²) in [5.41, 5.74) is -1.09. The maximum Gasteiger partial charge on any atom is 0.146 e. The van der Waals surface area contributed by atoms with Crippen LogP contribution in [0.1, 0.15) is 25.8 Å². The number of nitrogens with zero attached hydrogens (tertiary/aromatic N) is 2. The lowest BCUT2D eigenvalue weighted by molar-refractivity contribution is 0.0565. The van der Waals surface area contributed by atoms with Crippen LogP contribution < -0.4 is 4.90 Å². The minimum absolute atomic E-state index is 0.232. The van der Waals surface area contributed by atoms with Gasteiger partial charge in [0.05, 0.1) is 11.6 Å². The summed E-state index contributed by atoms with van der Waals surface area (Å²) in [5, 5.41) is 18.7. The van der Waals surface area contributed by atoms with Crippen molar-refractivity contribution in [3.63, 3.8) is 0 Å². The van der Waals surface area contributed by atoms with E-state index in [1.165, 1.54) is 6.07 Å². The molecule has 1 aliphatic rings. The highest BCUT2D eigenvalue weighted by Crippen LogP contribution is 2.33. The topological polar surface area (TPSA) is 47.3 Å². The summed E-state index contributed by atoms with van der Waals surface area (Å²) < 4.78 is 27.1. The Morgan fingerprint density at radius 3 is 2.39 bits per heavy atom. The minimum atomic E-state index is -0.874. The van der Waals surface area contributed by atoms with Gasteiger partial charge in [-0.3, -0.25) is 0 Å². The Kier molecular flexibility index (Phi) is 2.99. The molecule has 96 valence electrons. The van der Waals surface area contributed by atoms with Crippen LogP contribution >= 0.6 is 0 Å². The van der Waals surface area contributed by atoms with Gasteiger partial charge < -0.3 is 10.0 Å². The zero-order chi connectivity index (χ0) is 13.5. The fraction of sp³-hybridized carbons (Fsp3) is 0.462. The van der Waals surface area contributed by atoms with Crippen molar-refractivity contribution in [2.24, 2.45) is 0 Å². The Balaban J connectivity index is 2.40. The Hall–Kier alpha value is -1.67. The third kappa shape index (κ3) is 1.93. The van der Waals surface area contributed by atoms with Crippen LogP contribution in [0.3, 0.4) is 0 Å². The summed E-state index contributed by atoms with van der Waals surface area (Å²) in [6.45, 7) is 4.04. The molecule has 0 amide bonds. The molecule has 3 nitrogen and oxygen atoms in total. The van der Waals surface area contributed by atoms with Crippen LogP contribution in [-0.4, -0.2) is 23.3 Å². The highest BCUT2D eigenvalue weighted by atomic mass is 19.1. The number of nitriles is 1. The number of hydrogen-bond donors (Lipinski definition) is 1. The summed E-state index contributed by atoms with van der Waals surface area (Å²) in [5.74, 6) is -1.74. The van der Waals surface area contributed by atoms with Crippen molar-refractivity contribution in [1.82, 2.24) is 0 Å². The maximum atomic E-state index is 13.5. The number of hydrogen-bond acceptors (Lipinski definition) is 3. The molecule has 0 saturated carbocycles. The van der Waals surface area contributed by atoms with E-state index >= 15 is 0 Å². The van der Waals surface area contributed by atoms with E-state index < -0.39 is 22.8 Å². The Morgan fingerprint density at radius 1 is 1.44 bits per heavy atom. The Bertz CT molecular complexity index is 499. The van der Waals surface area contributed by atoms with Gasteiger partial charge in [0, 0.05) is 12.2 Å². The average Bonchev–Trinajstić information content (AvgIpc) is 2.54. The van der Waals surface area contributed by atoms with Crippen molar-refractivity contribution < 1.29 is 13.9 Å². The molecule has 1 aliphatic heterocycles. The van der Waals surface area contributed by atoms with Gasteiger partial charge in [-0.15, -0.1) is 0 Å². The first-order valence-electron chi connectivity index (χ1n) is 5.75. The molecule has 5 heteroatoms. The summed E-state index contributed by atoms with van der Waals surface area (Å²) in [4.78, 5) is 1.74. The Morgan fingerprint density at radius 2 is 2.00 bits per heavy atom. The van der Waals surface area contributed by atoms with Gasteiger partial charge in [-0.1, -0.05) is 0 Å². The first kappa shape index (κ1) is 12.8. The largest absolute Gasteiger partial charge is 0.388 e. The fourth-order valence-electron chi connectivity index (χ4n) is 2.27. The molecule has 1 aromatic rings. The standard InChI is InChI=1S/C13H14F2N2O/c1-8-13(2,18)3-4-17(8)9-5-11(14)10(7-16)12(15)6-9/h5-6,8,18H,3-4H2,1-2H3/t8-,13-/m0/s1. The number of aliphatic hydroxyl groups is 1. The van der Waals surface area contributed by atoms with E-state index in [0.717, 1.165) is 12.1 Å². The van der Waals surface area contributed by atoms with Gasteiger partial charge in [-0.2, -0.15) is 5.26 Å². The van der Waals surface area contributed by atoms with Crippen molar-refractivity contribution in [1.29, 1.82) is 5.26 Å². The van der Waals surface area contributed by atoms with E-state index in [9.17, 15) is 13.9 Å². The van der Waals surface area contributed by atoms with E-state index in [2.05, 4.69) is 0 Å². The summed E-state index contributed by atoms with van der Waals surface area (Å²) in [6.07, 6.45) is 0.539. The first-order valence-corrected chi connectivity index (χ1v) is 5.75. The molecule has 2 atom stereocenters. The summed E-state index contributed by atoms with van der Waals surface area (Å²) in [7, 11) is 0. The molecule has 0 unspecified atom stereocenters. The number of halogens is 2. The zero-order valence-corrected chi connectivity index (χ0v) is 10.2. The predicted octanol–water partition coefficient (Wildman–Crippen LogP) is 2.19. The Labute approximate surface area is 104 Å². The second-order valence-electron chi connectivity index (χ2n) is 4.87. The van der Waals surface area contributed by atoms with E-state index in [1.54, 1.807) is 18.7 Å². The molecule has 2 rings (SSSR count). The lowest BCUT2D eigenvalue weighted by Crippen LogP contribution is -2.40. The molecule has 1 fully saturated rings. The fourth-order valence-corrected chi connectivity index (χ4v) is 2.27. The summed E-state index contributed by atoms with van der Waals surface area (Å²) in [6, 6.07) is 3.54. The van der Waals surface area contributed by atoms with Gasteiger partial charge in [0.25, 0.3) is 0 Å². The van der Waals surface area contributed by atoms with Gasteiger partial charge in [0.2, 0.25) is 0 Å². The van der Waals surface area contributed by atoms with E-state index in [4.69, 9.17) is 5.26 Å². The van der Waals surface area contributed by atoms with E-state index in [0.29, 0.717) is 18.7 Å². The molecule has 18 heavy (non-hydrogen) atoms. The predicted molar refractivity (Wildman–Crippen MR) is 63.1 cm³/mol. The molecule has 0 radical (unpaired) electrons. The quantitative estimate of drug-likeness (QED) is 0.833. The monoisotopic (exact) mass is 252 g/mol. The third-order valence-corrected chi connectivity index (χ3v) is 3.70. The van der Waals surface area contributed by atoms with Crippen molar-refractivity contribution in [3.05, 3.63) is 29.3 Å². The second-order valence-corrected chi connectivity index (χ2v) is 4.87. The number of benzene rings is 1. The van der Waals surface area contributed by atoms with Crippen LogP contribution in [0.2, 0.25) is 0 Å². The average molecular weight is 252 g/mol. The van der Waals surface area contributed by atoms with Gasteiger partial charge in [0.1, 0.15) is 23.3 Å². The van der Waals surface area contributed by atoms with Crippen LogP contribution in [0.25, 0.3) is 0 Å². The van der Waals surface area contributed by atoms with Gasteiger partial charge >= 0.3 is 0 Å². The van der Waals surface area contributed by atoms with Gasteiger partial charge in [-0.25, -0.2) is 8.78 Å².